The van der Waals surface area contributed by atoms with Crippen molar-refractivity contribution in [3.8, 4) is 0 Å². The third kappa shape index (κ3) is 3.32. The van der Waals surface area contributed by atoms with Gasteiger partial charge in [0.15, 0.2) is 6.10 Å². The lowest BCUT2D eigenvalue weighted by Gasteiger charge is -2.14. The van der Waals surface area contributed by atoms with Crippen LogP contribution >= 0.6 is 0 Å². The Morgan fingerprint density at radius 2 is 1.90 bits per heavy atom. The van der Waals surface area contributed by atoms with Crippen LogP contribution in [0.1, 0.15) is 6.92 Å². The second-order valence-corrected chi connectivity index (χ2v) is 1.66. The Labute approximate surface area is 55.3 Å². The summed E-state index contributed by atoms with van der Waals surface area (Å²) in [6.07, 6.45) is -6.67. The molecule has 0 radical (unpaired) electrons. The highest BCUT2D eigenvalue weighted by atomic mass is 19.4. The lowest BCUT2D eigenvalue weighted by Crippen LogP contribution is -2.27. The van der Waals surface area contributed by atoms with Crippen LogP contribution in [-0.2, 0) is 4.74 Å². The van der Waals surface area contributed by atoms with Crippen molar-refractivity contribution >= 4 is 0 Å². The van der Waals surface area contributed by atoms with Crippen LogP contribution < -0.4 is 0 Å². The SMILES string of the molecule is C=C(F)OC(C)C(F)(F)F. The molecule has 0 aromatic heterocycles. The van der Waals surface area contributed by atoms with Gasteiger partial charge in [-0.2, -0.15) is 17.6 Å². The summed E-state index contributed by atoms with van der Waals surface area (Å²) >= 11 is 0. The van der Waals surface area contributed by atoms with E-state index in [4.69, 9.17) is 0 Å². The first kappa shape index (κ1) is 9.26. The van der Waals surface area contributed by atoms with Gasteiger partial charge in [0.25, 0.3) is 6.01 Å². The maximum atomic E-state index is 11.6. The lowest BCUT2D eigenvalue weighted by atomic mass is 10.4. The molecule has 0 fully saturated rings. The zero-order chi connectivity index (χ0) is 8.36. The first-order valence-corrected chi connectivity index (χ1v) is 2.42. The topological polar surface area (TPSA) is 9.23 Å². The highest BCUT2D eigenvalue weighted by Gasteiger charge is 2.38. The third-order valence-electron chi connectivity index (χ3n) is 0.766. The molecule has 0 bridgehead atoms. The first-order chi connectivity index (χ1) is 4.34. The minimum absolute atomic E-state index is 0.699. The summed E-state index contributed by atoms with van der Waals surface area (Å²) in [5, 5.41) is 0. The van der Waals surface area contributed by atoms with Crippen molar-refractivity contribution in [3.05, 3.63) is 12.6 Å². The Hall–Kier alpha value is -0.740. The molecule has 0 rings (SSSR count). The number of hydrogen-bond acceptors (Lipinski definition) is 1. The van der Waals surface area contributed by atoms with Crippen molar-refractivity contribution in [2.45, 2.75) is 19.2 Å². The van der Waals surface area contributed by atoms with Gasteiger partial charge in [0, 0.05) is 0 Å². The predicted molar refractivity (Wildman–Crippen MR) is 26.8 cm³/mol. The van der Waals surface area contributed by atoms with Gasteiger partial charge in [-0.25, -0.2) is 0 Å². The largest absolute Gasteiger partial charge is 0.459 e. The van der Waals surface area contributed by atoms with Crippen LogP contribution in [0.2, 0.25) is 0 Å². The average molecular weight is 158 g/mol. The number of rotatable bonds is 2. The van der Waals surface area contributed by atoms with Gasteiger partial charge in [-0.05, 0) is 13.5 Å². The summed E-state index contributed by atoms with van der Waals surface area (Å²) in [6, 6.07) is -1.43. The van der Waals surface area contributed by atoms with Gasteiger partial charge in [0.05, 0.1) is 0 Å². The molecule has 1 nitrogen and oxygen atoms in total. The molecule has 5 heteroatoms. The summed E-state index contributed by atoms with van der Waals surface area (Å²) in [6.45, 7) is 3.22. The van der Waals surface area contributed by atoms with Crippen molar-refractivity contribution in [2.24, 2.45) is 0 Å². The zero-order valence-electron chi connectivity index (χ0n) is 5.20. The quantitative estimate of drug-likeness (QED) is 0.443. The molecule has 0 saturated carbocycles. The number of ether oxygens (including phenoxy) is 1. The van der Waals surface area contributed by atoms with Gasteiger partial charge in [0.2, 0.25) is 0 Å². The van der Waals surface area contributed by atoms with Crippen LogP contribution in [0.15, 0.2) is 12.6 Å². The van der Waals surface area contributed by atoms with Crippen molar-refractivity contribution < 1.29 is 22.3 Å². The third-order valence-corrected chi connectivity index (χ3v) is 0.766. The molecule has 0 amide bonds. The second kappa shape index (κ2) is 2.90. The van der Waals surface area contributed by atoms with Gasteiger partial charge < -0.3 is 4.74 Å². The van der Waals surface area contributed by atoms with Gasteiger partial charge in [-0.1, -0.05) is 0 Å². The van der Waals surface area contributed by atoms with Gasteiger partial charge >= 0.3 is 6.18 Å². The molecular weight excluding hydrogens is 152 g/mol. The molecule has 0 spiro atoms. The Morgan fingerprint density at radius 1 is 1.50 bits per heavy atom. The van der Waals surface area contributed by atoms with E-state index in [1.54, 1.807) is 0 Å². The highest BCUT2D eigenvalue weighted by molar-refractivity contribution is 4.71. The molecule has 0 saturated heterocycles. The van der Waals surface area contributed by atoms with Crippen LogP contribution in [0.25, 0.3) is 0 Å². The molecule has 0 aliphatic rings. The molecule has 10 heavy (non-hydrogen) atoms. The van der Waals surface area contributed by atoms with E-state index in [1.165, 1.54) is 0 Å². The van der Waals surface area contributed by atoms with E-state index in [9.17, 15) is 17.6 Å². The Kier molecular flexibility index (Phi) is 2.68. The molecular formula is C5H6F4O. The molecule has 0 aromatic carbocycles. The minimum Gasteiger partial charge on any atom is -0.459 e. The van der Waals surface area contributed by atoms with Crippen LogP contribution in [-0.4, -0.2) is 12.3 Å². The number of halogens is 4. The molecule has 0 heterocycles. The Balaban J connectivity index is 3.85. The van der Waals surface area contributed by atoms with E-state index < -0.39 is 18.3 Å². The normalized spacial score (nSPS) is 14.5. The average Bonchev–Trinajstić information content (AvgIpc) is 1.60. The predicted octanol–water partition coefficient (Wildman–Crippen LogP) is 2.39. The Morgan fingerprint density at radius 3 is 2.00 bits per heavy atom. The minimum atomic E-state index is -4.53. The van der Waals surface area contributed by atoms with Gasteiger partial charge in [-0.15, -0.1) is 0 Å². The van der Waals surface area contributed by atoms with Crippen molar-refractivity contribution in [3.63, 3.8) is 0 Å². The zero-order valence-corrected chi connectivity index (χ0v) is 5.20. The maximum absolute atomic E-state index is 11.6. The fraction of sp³-hybridized carbons (Fsp3) is 0.600. The van der Waals surface area contributed by atoms with Crippen molar-refractivity contribution in [1.82, 2.24) is 0 Å². The maximum Gasteiger partial charge on any atom is 0.425 e. The van der Waals surface area contributed by atoms with E-state index in [2.05, 4.69) is 11.3 Å². The van der Waals surface area contributed by atoms with Gasteiger partial charge in [0.1, 0.15) is 0 Å². The smallest absolute Gasteiger partial charge is 0.425 e. The molecule has 0 aromatic rings. The Bertz CT molecular complexity index is 128. The van der Waals surface area contributed by atoms with Crippen LogP contribution in [0, 0.1) is 0 Å². The van der Waals surface area contributed by atoms with E-state index in [0.717, 1.165) is 0 Å². The van der Waals surface area contributed by atoms with Crippen LogP contribution in [0.5, 0.6) is 0 Å². The highest BCUT2D eigenvalue weighted by Crippen LogP contribution is 2.23. The summed E-state index contributed by atoms with van der Waals surface area (Å²) < 4.78 is 49.6. The fourth-order valence-electron chi connectivity index (χ4n) is 0.259. The van der Waals surface area contributed by atoms with Gasteiger partial charge in [-0.3, -0.25) is 0 Å². The van der Waals surface area contributed by atoms with Crippen molar-refractivity contribution in [2.75, 3.05) is 0 Å². The fourth-order valence-corrected chi connectivity index (χ4v) is 0.259. The van der Waals surface area contributed by atoms with E-state index >= 15 is 0 Å². The number of alkyl halides is 3. The molecule has 0 aliphatic carbocycles. The molecule has 1 unspecified atom stereocenters. The molecule has 60 valence electrons. The standard InChI is InChI=1S/C5H6F4O/c1-3(5(7,8)9)10-4(2)6/h3H,2H2,1H3. The molecule has 0 aliphatic heterocycles. The summed E-state index contributed by atoms with van der Waals surface area (Å²) in [7, 11) is 0. The number of hydrogen-bond donors (Lipinski definition) is 0. The van der Waals surface area contributed by atoms with Crippen LogP contribution in [0.4, 0.5) is 17.6 Å². The van der Waals surface area contributed by atoms with Crippen molar-refractivity contribution in [1.29, 1.82) is 0 Å². The summed E-state index contributed by atoms with van der Waals surface area (Å²) in [5.41, 5.74) is 0. The van der Waals surface area contributed by atoms with Crippen LogP contribution in [0.3, 0.4) is 0 Å². The second-order valence-electron chi connectivity index (χ2n) is 1.66. The van der Waals surface area contributed by atoms with E-state index in [-0.39, 0.29) is 0 Å². The molecule has 1 atom stereocenters. The molecule has 0 N–H and O–H groups in total. The monoisotopic (exact) mass is 158 g/mol. The van der Waals surface area contributed by atoms with E-state index in [1.807, 2.05) is 0 Å². The first-order valence-electron chi connectivity index (χ1n) is 2.42. The summed E-state index contributed by atoms with van der Waals surface area (Å²) in [5.74, 6) is 0. The lowest BCUT2D eigenvalue weighted by molar-refractivity contribution is -0.208. The van der Waals surface area contributed by atoms with E-state index in [0.29, 0.717) is 6.92 Å². The summed E-state index contributed by atoms with van der Waals surface area (Å²) in [4.78, 5) is 0.